The lowest BCUT2D eigenvalue weighted by Gasteiger charge is -2.09. The van der Waals surface area contributed by atoms with E-state index >= 15 is 0 Å². The van der Waals surface area contributed by atoms with E-state index in [9.17, 15) is 9.90 Å². The highest BCUT2D eigenvalue weighted by Gasteiger charge is 2.11. The fraction of sp³-hybridized carbons (Fsp3) is 0. The lowest BCUT2D eigenvalue weighted by atomic mass is 10.1. The van der Waals surface area contributed by atoms with E-state index in [4.69, 9.17) is 0 Å². The number of benzene rings is 2. The van der Waals surface area contributed by atoms with Gasteiger partial charge in [-0.2, -0.15) is 5.10 Å². The Bertz CT molecular complexity index is 1110. The number of aromatic nitrogens is 2. The summed E-state index contributed by atoms with van der Waals surface area (Å²) in [5.41, 5.74) is 5.59. The zero-order chi connectivity index (χ0) is 19.3. The molecular weight excluding hydrogens is 352 g/mol. The third kappa shape index (κ3) is 3.57. The van der Waals surface area contributed by atoms with Crippen LogP contribution in [0.25, 0.3) is 11.4 Å². The van der Waals surface area contributed by atoms with Gasteiger partial charge < -0.3 is 14.2 Å². The highest BCUT2D eigenvalue weighted by molar-refractivity contribution is 5.98. The monoisotopic (exact) mass is 370 g/mol. The Morgan fingerprint density at radius 2 is 1.64 bits per heavy atom. The number of carbonyl (C=O) groups is 1. The van der Waals surface area contributed by atoms with Crippen molar-refractivity contribution in [3.05, 3.63) is 103 Å². The number of nitrogens with one attached hydrogen (secondary N) is 1. The summed E-state index contributed by atoms with van der Waals surface area (Å²) >= 11 is 0. The Morgan fingerprint density at radius 3 is 2.43 bits per heavy atom. The van der Waals surface area contributed by atoms with Crippen molar-refractivity contribution < 1.29 is 9.90 Å². The van der Waals surface area contributed by atoms with E-state index in [2.05, 4.69) is 10.5 Å². The smallest absolute Gasteiger partial charge is 0.273 e. The van der Waals surface area contributed by atoms with E-state index in [0.29, 0.717) is 5.56 Å². The molecule has 2 aromatic heterocycles. The maximum atomic E-state index is 12.6. The number of hydrogen-bond donors (Lipinski definition) is 2. The van der Waals surface area contributed by atoms with Gasteiger partial charge in [-0.15, -0.1) is 0 Å². The normalized spacial score (nSPS) is 11.0. The standard InChI is InChI=1S/C22H18N4O2/c27-19-11-9-17(10-12-19)26-15-5-6-18(26)16-23-24-22(28)20-7-1-2-8-21(20)25-13-3-4-14-25/h1-16,27H,(H,24,28)/b23-16-. The highest BCUT2D eigenvalue weighted by atomic mass is 16.3. The minimum atomic E-state index is -0.289. The van der Waals surface area contributed by atoms with Gasteiger partial charge in [-0.25, -0.2) is 5.43 Å². The summed E-state index contributed by atoms with van der Waals surface area (Å²) in [5.74, 6) is -0.0805. The summed E-state index contributed by atoms with van der Waals surface area (Å²) in [6.45, 7) is 0. The largest absolute Gasteiger partial charge is 0.508 e. The third-order valence-electron chi connectivity index (χ3n) is 4.30. The molecule has 2 aromatic carbocycles. The minimum Gasteiger partial charge on any atom is -0.508 e. The van der Waals surface area contributed by atoms with Crippen LogP contribution < -0.4 is 5.43 Å². The molecule has 4 rings (SSSR count). The van der Waals surface area contributed by atoms with Crippen molar-refractivity contribution in [2.45, 2.75) is 0 Å². The number of hydrazone groups is 1. The molecule has 0 bridgehead atoms. The number of phenols is 1. The van der Waals surface area contributed by atoms with Crippen LogP contribution in [0.2, 0.25) is 0 Å². The van der Waals surface area contributed by atoms with Gasteiger partial charge >= 0.3 is 0 Å². The predicted octanol–water partition coefficient (Wildman–Crippen LogP) is 3.74. The molecule has 138 valence electrons. The number of carbonyl (C=O) groups excluding carboxylic acids is 1. The molecule has 6 nitrogen and oxygen atoms in total. The maximum absolute atomic E-state index is 12.6. The van der Waals surface area contributed by atoms with Crippen molar-refractivity contribution in [3.63, 3.8) is 0 Å². The molecule has 0 spiro atoms. The Labute approximate surface area is 162 Å². The van der Waals surface area contributed by atoms with Crippen LogP contribution in [0.1, 0.15) is 16.1 Å². The van der Waals surface area contributed by atoms with Crippen molar-refractivity contribution in [1.82, 2.24) is 14.6 Å². The van der Waals surface area contributed by atoms with Crippen LogP contribution in [0.5, 0.6) is 5.75 Å². The first-order chi connectivity index (χ1) is 13.7. The average Bonchev–Trinajstić information content (AvgIpc) is 3.41. The number of nitrogens with zero attached hydrogens (tertiary/aromatic N) is 3. The van der Waals surface area contributed by atoms with E-state index in [0.717, 1.165) is 17.1 Å². The topological polar surface area (TPSA) is 71.6 Å². The summed E-state index contributed by atoms with van der Waals surface area (Å²) in [6, 6.07) is 21.8. The van der Waals surface area contributed by atoms with Crippen molar-refractivity contribution in [2.24, 2.45) is 5.10 Å². The second-order valence-corrected chi connectivity index (χ2v) is 6.13. The minimum absolute atomic E-state index is 0.208. The Hall–Kier alpha value is -4.06. The fourth-order valence-corrected chi connectivity index (χ4v) is 2.95. The third-order valence-corrected chi connectivity index (χ3v) is 4.30. The van der Waals surface area contributed by atoms with Crippen molar-refractivity contribution in [1.29, 1.82) is 0 Å². The molecule has 6 heteroatoms. The van der Waals surface area contributed by atoms with Crippen LogP contribution in [-0.4, -0.2) is 26.4 Å². The summed E-state index contributed by atoms with van der Waals surface area (Å²) < 4.78 is 3.79. The molecule has 4 aromatic rings. The van der Waals surface area contributed by atoms with E-state index in [1.54, 1.807) is 36.5 Å². The van der Waals surface area contributed by atoms with Crippen LogP contribution in [0, 0.1) is 0 Å². The first-order valence-electron chi connectivity index (χ1n) is 8.75. The lowest BCUT2D eigenvalue weighted by molar-refractivity contribution is 0.0955. The number of para-hydroxylation sites is 1. The zero-order valence-electron chi connectivity index (χ0n) is 14.9. The molecule has 1 amide bonds. The molecule has 28 heavy (non-hydrogen) atoms. The first kappa shape index (κ1) is 17.4. The lowest BCUT2D eigenvalue weighted by Crippen LogP contribution is -2.19. The van der Waals surface area contributed by atoms with Gasteiger partial charge in [-0.1, -0.05) is 12.1 Å². The fourth-order valence-electron chi connectivity index (χ4n) is 2.95. The Morgan fingerprint density at radius 1 is 0.893 bits per heavy atom. The SMILES string of the molecule is O=C(N/N=C\c1cccn1-c1ccc(O)cc1)c1ccccc1-n1cccc1. The second kappa shape index (κ2) is 7.67. The molecule has 0 saturated carbocycles. The van der Waals surface area contributed by atoms with Crippen molar-refractivity contribution in [3.8, 4) is 17.1 Å². The van der Waals surface area contributed by atoms with Gasteiger partial charge in [0.15, 0.2) is 0 Å². The molecule has 0 radical (unpaired) electrons. The van der Waals surface area contributed by atoms with Gasteiger partial charge in [-0.3, -0.25) is 4.79 Å². The number of rotatable bonds is 5. The van der Waals surface area contributed by atoms with E-state index in [1.165, 1.54) is 0 Å². The molecule has 2 N–H and O–H groups in total. The average molecular weight is 370 g/mol. The summed E-state index contributed by atoms with van der Waals surface area (Å²) in [7, 11) is 0. The maximum Gasteiger partial charge on any atom is 0.273 e. The van der Waals surface area contributed by atoms with Crippen LogP contribution >= 0.6 is 0 Å². The first-order valence-corrected chi connectivity index (χ1v) is 8.75. The van der Waals surface area contributed by atoms with Gasteiger partial charge in [0.1, 0.15) is 5.75 Å². The van der Waals surface area contributed by atoms with E-state index in [-0.39, 0.29) is 11.7 Å². The molecule has 0 fully saturated rings. The summed E-state index contributed by atoms with van der Waals surface area (Å²) in [4.78, 5) is 12.6. The predicted molar refractivity (Wildman–Crippen MR) is 108 cm³/mol. The van der Waals surface area contributed by atoms with Crippen LogP contribution in [0.3, 0.4) is 0 Å². The molecule has 0 atom stereocenters. The van der Waals surface area contributed by atoms with Crippen LogP contribution in [-0.2, 0) is 0 Å². The second-order valence-electron chi connectivity index (χ2n) is 6.13. The summed E-state index contributed by atoms with van der Waals surface area (Å²) in [5, 5.41) is 13.6. The Kier molecular flexibility index (Phi) is 4.76. The van der Waals surface area contributed by atoms with Crippen molar-refractivity contribution >= 4 is 12.1 Å². The molecule has 0 unspecified atom stereocenters. The molecule has 0 aliphatic carbocycles. The van der Waals surface area contributed by atoms with Gasteiger partial charge in [0.05, 0.1) is 23.2 Å². The molecule has 0 aliphatic rings. The van der Waals surface area contributed by atoms with Gasteiger partial charge in [-0.05, 0) is 60.7 Å². The highest BCUT2D eigenvalue weighted by Crippen LogP contribution is 2.16. The van der Waals surface area contributed by atoms with E-state index < -0.39 is 0 Å². The number of amides is 1. The van der Waals surface area contributed by atoms with Crippen molar-refractivity contribution in [2.75, 3.05) is 0 Å². The summed E-state index contributed by atoms with van der Waals surface area (Å²) in [6.07, 6.45) is 7.25. The number of aromatic hydroxyl groups is 1. The molecule has 0 aliphatic heterocycles. The number of phenolic OH excluding ortho intramolecular Hbond substituents is 1. The number of hydrogen-bond acceptors (Lipinski definition) is 3. The quantitative estimate of drug-likeness (QED) is 0.415. The molecular formula is C22H18N4O2. The van der Waals surface area contributed by atoms with Crippen LogP contribution in [0.15, 0.2) is 96.5 Å². The molecule has 2 heterocycles. The Balaban J connectivity index is 1.52. The zero-order valence-corrected chi connectivity index (χ0v) is 14.9. The van der Waals surface area contributed by atoms with Gasteiger partial charge in [0.25, 0.3) is 5.91 Å². The van der Waals surface area contributed by atoms with Gasteiger partial charge in [0, 0.05) is 24.3 Å². The van der Waals surface area contributed by atoms with E-state index in [1.807, 2.05) is 70.2 Å². The van der Waals surface area contributed by atoms with Gasteiger partial charge in [0.2, 0.25) is 0 Å². The van der Waals surface area contributed by atoms with Crippen LogP contribution in [0.4, 0.5) is 0 Å². The molecule has 0 saturated heterocycles.